The average Bonchev–Trinajstić information content (AvgIpc) is 2.93. The fourth-order valence-electron chi connectivity index (χ4n) is 2.75. The highest BCUT2D eigenvalue weighted by Crippen LogP contribution is 2.35. The summed E-state index contributed by atoms with van der Waals surface area (Å²) in [7, 11) is 0. The van der Waals surface area contributed by atoms with Crippen LogP contribution in [-0.4, -0.2) is 52.1 Å². The van der Waals surface area contributed by atoms with Crippen molar-refractivity contribution in [2.24, 2.45) is 0 Å². The van der Waals surface area contributed by atoms with E-state index in [-0.39, 0.29) is 24.2 Å². The van der Waals surface area contributed by atoms with Crippen LogP contribution in [0.1, 0.15) is 19.9 Å². The van der Waals surface area contributed by atoms with E-state index in [2.05, 4.69) is 10.4 Å². The van der Waals surface area contributed by atoms with Gasteiger partial charge in [0.25, 0.3) is 0 Å². The van der Waals surface area contributed by atoms with Crippen molar-refractivity contribution in [1.29, 1.82) is 0 Å². The molecule has 1 aromatic heterocycles. The maximum absolute atomic E-state index is 10.6. The van der Waals surface area contributed by atoms with Crippen LogP contribution in [0.2, 0.25) is 5.02 Å². The van der Waals surface area contributed by atoms with Gasteiger partial charge in [0, 0.05) is 12.2 Å². The topological polar surface area (TPSA) is 68.5 Å². The number of hydrogen-bond acceptors (Lipinski definition) is 5. The maximum Gasteiger partial charge on any atom is 0.183 e. The second-order valence-corrected chi connectivity index (χ2v) is 5.78. The molecule has 2 saturated heterocycles. The molecule has 0 spiro atoms. The number of rotatable bonds is 3. The number of aliphatic hydroxyl groups excluding tert-OH is 1. The van der Waals surface area contributed by atoms with Crippen LogP contribution in [0, 0.1) is 0 Å². The summed E-state index contributed by atoms with van der Waals surface area (Å²) in [4.78, 5) is 0. The molecule has 3 heterocycles. The Balaban J connectivity index is 1.87. The number of aromatic nitrogens is 2. The van der Waals surface area contributed by atoms with Crippen LogP contribution in [0.3, 0.4) is 0 Å². The van der Waals surface area contributed by atoms with E-state index in [0.717, 1.165) is 0 Å². The second-order valence-electron chi connectivity index (χ2n) is 5.34. The summed E-state index contributed by atoms with van der Waals surface area (Å²) in [6.07, 6.45) is 1.99. The van der Waals surface area contributed by atoms with Crippen molar-refractivity contribution >= 4 is 11.6 Å². The molecule has 1 aromatic rings. The second kappa shape index (κ2) is 5.03. The van der Waals surface area contributed by atoms with Crippen molar-refractivity contribution in [3.8, 4) is 0 Å². The van der Waals surface area contributed by atoms with Gasteiger partial charge in [-0.05, 0) is 0 Å². The zero-order valence-corrected chi connectivity index (χ0v) is 11.6. The van der Waals surface area contributed by atoms with E-state index in [1.165, 1.54) is 0 Å². The minimum atomic E-state index is -0.635. The zero-order chi connectivity index (χ0) is 13.6. The molecule has 0 radical (unpaired) electrons. The monoisotopic (exact) mass is 287 g/mol. The summed E-state index contributed by atoms with van der Waals surface area (Å²) >= 11 is 5.89. The van der Waals surface area contributed by atoms with Gasteiger partial charge >= 0.3 is 0 Å². The molecule has 2 aliphatic rings. The van der Waals surface area contributed by atoms with E-state index in [9.17, 15) is 5.11 Å². The van der Waals surface area contributed by atoms with Crippen molar-refractivity contribution in [3.63, 3.8) is 0 Å². The smallest absolute Gasteiger partial charge is 0.183 e. The van der Waals surface area contributed by atoms with Crippen LogP contribution in [0.25, 0.3) is 0 Å². The van der Waals surface area contributed by atoms with Crippen LogP contribution in [0.5, 0.6) is 0 Å². The fraction of sp³-hybridized carbons (Fsp3) is 0.750. The molecule has 2 fully saturated rings. The molecule has 5 atom stereocenters. The normalized spacial score (nSPS) is 38.1. The predicted molar refractivity (Wildman–Crippen MR) is 69.0 cm³/mol. The molecule has 0 aliphatic carbocycles. The van der Waals surface area contributed by atoms with Crippen molar-refractivity contribution in [2.75, 3.05) is 6.61 Å². The van der Waals surface area contributed by atoms with Gasteiger partial charge in [-0.3, -0.25) is 4.68 Å². The first-order valence-electron chi connectivity index (χ1n) is 6.47. The lowest BCUT2D eigenvalue weighted by Crippen LogP contribution is -2.59. The zero-order valence-electron chi connectivity index (χ0n) is 10.9. The van der Waals surface area contributed by atoms with Crippen LogP contribution < -0.4 is 5.32 Å². The van der Waals surface area contributed by atoms with Crippen LogP contribution in [0.4, 0.5) is 0 Å². The average molecular weight is 288 g/mol. The van der Waals surface area contributed by atoms with Gasteiger partial charge in [0.15, 0.2) is 6.29 Å². The van der Waals surface area contributed by atoms with E-state index in [1.54, 1.807) is 17.1 Å². The Kier molecular flexibility index (Phi) is 3.53. The Morgan fingerprint density at radius 2 is 2.37 bits per heavy atom. The molecule has 106 valence electrons. The minimum Gasteiger partial charge on any atom is -0.389 e. The highest BCUT2D eigenvalue weighted by molar-refractivity contribution is 6.30. The SMILES string of the molecule is CC(C)N[C@H]1[C@H](O)[C@@H](n2cc(Cl)cn2)[C@@H]2OC[C@H]1O2. The van der Waals surface area contributed by atoms with Gasteiger partial charge in [-0.15, -0.1) is 0 Å². The summed E-state index contributed by atoms with van der Waals surface area (Å²) in [6, 6.07) is -0.309. The van der Waals surface area contributed by atoms with E-state index >= 15 is 0 Å². The highest BCUT2D eigenvalue weighted by atomic mass is 35.5. The molecule has 2 bridgehead atoms. The molecule has 2 aliphatic heterocycles. The number of hydrogen-bond donors (Lipinski definition) is 2. The molecule has 0 unspecified atom stereocenters. The van der Waals surface area contributed by atoms with Crippen molar-refractivity contribution in [1.82, 2.24) is 15.1 Å². The molecule has 2 N–H and O–H groups in total. The molecule has 7 heteroatoms. The van der Waals surface area contributed by atoms with E-state index in [0.29, 0.717) is 11.6 Å². The third kappa shape index (κ3) is 2.39. The largest absolute Gasteiger partial charge is 0.389 e. The highest BCUT2D eigenvalue weighted by Gasteiger charge is 2.51. The van der Waals surface area contributed by atoms with Crippen molar-refractivity contribution < 1.29 is 14.6 Å². The first kappa shape index (κ1) is 13.3. The molecule has 0 saturated carbocycles. The summed E-state index contributed by atoms with van der Waals surface area (Å²) in [5.41, 5.74) is 0. The number of ether oxygens (including phenoxy) is 2. The third-order valence-corrected chi connectivity index (χ3v) is 3.73. The van der Waals surface area contributed by atoms with E-state index < -0.39 is 12.4 Å². The quantitative estimate of drug-likeness (QED) is 0.850. The van der Waals surface area contributed by atoms with Crippen LogP contribution >= 0.6 is 11.6 Å². The number of nitrogens with zero attached hydrogens (tertiary/aromatic N) is 2. The van der Waals surface area contributed by atoms with Gasteiger partial charge in [-0.25, -0.2) is 0 Å². The van der Waals surface area contributed by atoms with Gasteiger partial charge in [-0.2, -0.15) is 5.10 Å². The number of fused-ring (bicyclic) bond motifs is 2. The Hall–Kier alpha value is -0.660. The Morgan fingerprint density at radius 1 is 1.58 bits per heavy atom. The Morgan fingerprint density at radius 3 is 3.00 bits per heavy atom. The number of halogens is 1. The molecule has 6 nitrogen and oxygen atoms in total. The van der Waals surface area contributed by atoms with Crippen molar-refractivity contribution in [3.05, 3.63) is 17.4 Å². The van der Waals surface area contributed by atoms with Gasteiger partial charge in [0.1, 0.15) is 12.1 Å². The lowest BCUT2D eigenvalue weighted by molar-refractivity contribution is -0.168. The third-order valence-electron chi connectivity index (χ3n) is 3.53. The Bertz CT molecular complexity index is 453. The first-order valence-corrected chi connectivity index (χ1v) is 6.85. The standard InChI is InChI=1S/C12H18ClN3O3/c1-6(2)15-9-8-5-18-12(19-8)10(11(9)17)16-4-7(13)3-14-16/h3-4,6,8-12,15,17H,5H2,1-2H3/t8-,9-,10-,11+,12-/m1/s1. The summed E-state index contributed by atoms with van der Waals surface area (Å²) in [5, 5.41) is 18.6. The van der Waals surface area contributed by atoms with Gasteiger partial charge in [0.05, 0.1) is 30.0 Å². The fourth-order valence-corrected chi connectivity index (χ4v) is 2.89. The van der Waals surface area contributed by atoms with Gasteiger partial charge in [0.2, 0.25) is 0 Å². The van der Waals surface area contributed by atoms with Gasteiger partial charge in [-0.1, -0.05) is 25.4 Å². The molecule has 19 heavy (non-hydrogen) atoms. The van der Waals surface area contributed by atoms with Crippen LogP contribution in [-0.2, 0) is 9.47 Å². The molecule has 0 amide bonds. The first-order chi connectivity index (χ1) is 9.06. The van der Waals surface area contributed by atoms with Crippen LogP contribution in [0.15, 0.2) is 12.4 Å². The lowest BCUT2D eigenvalue weighted by atomic mass is 9.95. The number of aliphatic hydroxyl groups is 1. The predicted octanol–water partition coefficient (Wildman–Crippen LogP) is 0.560. The molecular weight excluding hydrogens is 270 g/mol. The van der Waals surface area contributed by atoms with E-state index in [4.69, 9.17) is 21.1 Å². The summed E-state index contributed by atoms with van der Waals surface area (Å²) in [6.45, 7) is 4.56. The molecule has 0 aromatic carbocycles. The maximum atomic E-state index is 10.6. The van der Waals surface area contributed by atoms with Gasteiger partial charge < -0.3 is 19.9 Å². The molecular formula is C12H18ClN3O3. The molecule has 3 rings (SSSR count). The van der Waals surface area contributed by atoms with E-state index in [1.807, 2.05) is 13.8 Å². The lowest BCUT2D eigenvalue weighted by Gasteiger charge is -2.39. The summed E-state index contributed by atoms with van der Waals surface area (Å²) < 4.78 is 13.0. The number of nitrogens with one attached hydrogen (secondary N) is 1. The van der Waals surface area contributed by atoms with Crippen molar-refractivity contribution in [2.45, 2.75) is 50.5 Å². The summed E-state index contributed by atoms with van der Waals surface area (Å²) in [5.74, 6) is 0. The minimum absolute atomic E-state index is 0.121. The Labute approximate surface area is 116 Å².